The number of carbonyl (C=O) groups is 1. The minimum absolute atomic E-state index is 0.0227. The van der Waals surface area contributed by atoms with Crippen molar-refractivity contribution in [2.24, 2.45) is 11.7 Å². The van der Waals surface area contributed by atoms with Gasteiger partial charge in [0.25, 0.3) is 0 Å². The molecule has 0 amide bonds. The summed E-state index contributed by atoms with van der Waals surface area (Å²) in [5.74, 6) is -1.39. The molecular weight excluding hydrogens is 287 g/mol. The van der Waals surface area contributed by atoms with E-state index in [2.05, 4.69) is 4.74 Å². The molecule has 118 valence electrons. The zero-order chi connectivity index (χ0) is 16.3. The standard InChI is InChI=1S/C14H18F3NO3/c1-9(8-13(2,18)12(19)20)7-10-3-5-11(6-4-10)21-14(15,16)17/h3-6,9H,7-8,18H2,1-2H3,(H,19,20). The Morgan fingerprint density at radius 2 is 1.86 bits per heavy atom. The van der Waals surface area contributed by atoms with Crippen LogP contribution in [-0.2, 0) is 11.2 Å². The van der Waals surface area contributed by atoms with Crippen molar-refractivity contribution in [2.45, 2.75) is 38.6 Å². The first kappa shape index (κ1) is 17.3. The maximum absolute atomic E-state index is 12.0. The average Bonchev–Trinajstić information content (AvgIpc) is 2.28. The Morgan fingerprint density at radius 1 is 1.33 bits per heavy atom. The maximum atomic E-state index is 12.0. The summed E-state index contributed by atoms with van der Waals surface area (Å²) in [5, 5.41) is 8.95. The highest BCUT2D eigenvalue weighted by molar-refractivity contribution is 5.77. The van der Waals surface area contributed by atoms with Gasteiger partial charge in [0, 0.05) is 0 Å². The average molecular weight is 305 g/mol. The molecule has 0 fully saturated rings. The van der Waals surface area contributed by atoms with Crippen molar-refractivity contribution in [3.05, 3.63) is 29.8 Å². The number of aliphatic carboxylic acids is 1. The Labute approximate surface area is 120 Å². The van der Waals surface area contributed by atoms with E-state index >= 15 is 0 Å². The number of alkyl halides is 3. The zero-order valence-corrected chi connectivity index (χ0v) is 11.8. The van der Waals surface area contributed by atoms with Crippen LogP contribution in [-0.4, -0.2) is 23.0 Å². The predicted molar refractivity (Wildman–Crippen MR) is 70.8 cm³/mol. The molecule has 4 nitrogen and oxygen atoms in total. The van der Waals surface area contributed by atoms with Crippen LogP contribution in [0.2, 0.25) is 0 Å². The number of carboxylic acid groups (broad SMARTS) is 1. The van der Waals surface area contributed by atoms with Gasteiger partial charge in [-0.1, -0.05) is 19.1 Å². The molecular formula is C14H18F3NO3. The highest BCUT2D eigenvalue weighted by Crippen LogP contribution is 2.24. The fourth-order valence-electron chi connectivity index (χ4n) is 2.11. The van der Waals surface area contributed by atoms with Crippen molar-refractivity contribution in [1.29, 1.82) is 0 Å². The second kappa shape index (κ2) is 6.34. The Bertz CT molecular complexity index is 483. The lowest BCUT2D eigenvalue weighted by atomic mass is 9.87. The van der Waals surface area contributed by atoms with Crippen LogP contribution in [0.1, 0.15) is 25.8 Å². The summed E-state index contributed by atoms with van der Waals surface area (Å²) in [6.07, 6.45) is -3.92. The number of hydrogen-bond donors (Lipinski definition) is 2. The van der Waals surface area contributed by atoms with E-state index in [-0.39, 0.29) is 18.1 Å². The van der Waals surface area contributed by atoms with Crippen LogP contribution >= 0.6 is 0 Å². The monoisotopic (exact) mass is 305 g/mol. The van der Waals surface area contributed by atoms with Crippen LogP contribution in [0.4, 0.5) is 13.2 Å². The molecule has 0 heterocycles. The van der Waals surface area contributed by atoms with E-state index in [4.69, 9.17) is 10.8 Å². The summed E-state index contributed by atoms with van der Waals surface area (Å²) >= 11 is 0. The van der Waals surface area contributed by atoms with Crippen LogP contribution < -0.4 is 10.5 Å². The van der Waals surface area contributed by atoms with Crippen molar-refractivity contribution in [3.63, 3.8) is 0 Å². The molecule has 7 heteroatoms. The van der Waals surface area contributed by atoms with Crippen LogP contribution in [0.3, 0.4) is 0 Å². The van der Waals surface area contributed by atoms with E-state index in [1.165, 1.54) is 31.2 Å². The Kier molecular flexibility index (Phi) is 5.22. The molecule has 0 aliphatic carbocycles. The molecule has 21 heavy (non-hydrogen) atoms. The number of ether oxygens (including phenoxy) is 1. The minimum Gasteiger partial charge on any atom is -0.480 e. The van der Waals surface area contributed by atoms with Gasteiger partial charge in [0.2, 0.25) is 0 Å². The molecule has 0 aliphatic rings. The van der Waals surface area contributed by atoms with Gasteiger partial charge in [-0.15, -0.1) is 13.2 Å². The van der Waals surface area contributed by atoms with Crippen molar-refractivity contribution in [3.8, 4) is 5.75 Å². The quantitative estimate of drug-likeness (QED) is 0.847. The molecule has 0 aliphatic heterocycles. The number of benzene rings is 1. The minimum atomic E-state index is -4.71. The summed E-state index contributed by atoms with van der Waals surface area (Å²) in [6.45, 7) is 3.28. The fraction of sp³-hybridized carbons (Fsp3) is 0.500. The van der Waals surface area contributed by atoms with Gasteiger partial charge in [-0.05, 0) is 43.4 Å². The Balaban J connectivity index is 2.62. The fourth-order valence-corrected chi connectivity index (χ4v) is 2.11. The summed E-state index contributed by atoms with van der Waals surface area (Å²) in [6, 6.07) is 5.50. The third-order valence-electron chi connectivity index (χ3n) is 3.00. The largest absolute Gasteiger partial charge is 0.573 e. The molecule has 0 saturated carbocycles. The molecule has 0 aromatic heterocycles. The van der Waals surface area contributed by atoms with Gasteiger partial charge < -0.3 is 15.6 Å². The Hall–Kier alpha value is -1.76. The second-order valence-electron chi connectivity index (χ2n) is 5.43. The highest BCUT2D eigenvalue weighted by Gasteiger charge is 2.31. The van der Waals surface area contributed by atoms with E-state index in [1.807, 2.05) is 6.92 Å². The Morgan fingerprint density at radius 3 is 2.29 bits per heavy atom. The molecule has 0 radical (unpaired) electrons. The molecule has 1 aromatic rings. The van der Waals surface area contributed by atoms with Crippen molar-refractivity contribution in [2.75, 3.05) is 0 Å². The van der Waals surface area contributed by atoms with Gasteiger partial charge in [0.15, 0.2) is 0 Å². The number of rotatable bonds is 6. The molecule has 0 spiro atoms. The molecule has 1 rings (SSSR count). The SMILES string of the molecule is CC(Cc1ccc(OC(F)(F)F)cc1)CC(C)(N)C(=O)O. The second-order valence-corrected chi connectivity index (χ2v) is 5.43. The first-order valence-electron chi connectivity index (χ1n) is 6.36. The van der Waals surface area contributed by atoms with Crippen molar-refractivity contribution < 1.29 is 27.8 Å². The topological polar surface area (TPSA) is 72.5 Å². The number of halogens is 3. The van der Waals surface area contributed by atoms with Crippen LogP contribution in [0.25, 0.3) is 0 Å². The molecule has 0 saturated heterocycles. The third kappa shape index (κ3) is 6.03. The normalized spacial score (nSPS) is 16.1. The van der Waals surface area contributed by atoms with E-state index in [0.717, 1.165) is 5.56 Å². The predicted octanol–water partition coefficient (Wildman–Crippen LogP) is 2.96. The van der Waals surface area contributed by atoms with Gasteiger partial charge in [-0.2, -0.15) is 0 Å². The van der Waals surface area contributed by atoms with E-state index in [1.54, 1.807) is 0 Å². The lowest BCUT2D eigenvalue weighted by Gasteiger charge is -2.23. The van der Waals surface area contributed by atoms with E-state index in [0.29, 0.717) is 6.42 Å². The van der Waals surface area contributed by atoms with E-state index in [9.17, 15) is 18.0 Å². The molecule has 3 N–H and O–H groups in total. The molecule has 2 atom stereocenters. The van der Waals surface area contributed by atoms with Crippen molar-refractivity contribution in [1.82, 2.24) is 0 Å². The van der Waals surface area contributed by atoms with Gasteiger partial charge >= 0.3 is 12.3 Å². The van der Waals surface area contributed by atoms with Crippen LogP contribution in [0, 0.1) is 5.92 Å². The molecule has 2 unspecified atom stereocenters. The van der Waals surface area contributed by atoms with Crippen LogP contribution in [0.15, 0.2) is 24.3 Å². The smallest absolute Gasteiger partial charge is 0.480 e. The molecule has 0 bridgehead atoms. The first-order valence-corrected chi connectivity index (χ1v) is 6.36. The van der Waals surface area contributed by atoms with Gasteiger partial charge in [0.1, 0.15) is 11.3 Å². The van der Waals surface area contributed by atoms with Gasteiger partial charge in [-0.25, -0.2) is 0 Å². The number of carboxylic acids is 1. The summed E-state index contributed by atoms with van der Waals surface area (Å²) in [5.41, 5.74) is 5.13. The highest BCUT2D eigenvalue weighted by atomic mass is 19.4. The summed E-state index contributed by atoms with van der Waals surface area (Å²) < 4.78 is 39.8. The maximum Gasteiger partial charge on any atom is 0.573 e. The third-order valence-corrected chi connectivity index (χ3v) is 3.00. The van der Waals surface area contributed by atoms with Gasteiger partial charge in [0.05, 0.1) is 0 Å². The summed E-state index contributed by atoms with van der Waals surface area (Å²) in [4.78, 5) is 10.9. The number of nitrogens with two attached hydrogens (primary N) is 1. The number of hydrogen-bond acceptors (Lipinski definition) is 3. The van der Waals surface area contributed by atoms with E-state index < -0.39 is 17.9 Å². The lowest BCUT2D eigenvalue weighted by Crippen LogP contribution is -2.46. The van der Waals surface area contributed by atoms with Crippen LogP contribution in [0.5, 0.6) is 5.75 Å². The zero-order valence-electron chi connectivity index (χ0n) is 11.8. The first-order chi connectivity index (χ1) is 9.49. The lowest BCUT2D eigenvalue weighted by molar-refractivity contribution is -0.274. The van der Waals surface area contributed by atoms with Gasteiger partial charge in [-0.3, -0.25) is 4.79 Å². The summed E-state index contributed by atoms with van der Waals surface area (Å²) in [7, 11) is 0. The van der Waals surface area contributed by atoms with Crippen molar-refractivity contribution >= 4 is 5.97 Å². The molecule has 1 aromatic carbocycles.